The molecular formula is C19H15NO4S. The number of para-hydroxylation sites is 1. The molecule has 0 radical (unpaired) electrons. The van der Waals surface area contributed by atoms with E-state index in [1.807, 2.05) is 48.5 Å². The number of hydrogen-bond acceptors (Lipinski definition) is 5. The zero-order valence-electron chi connectivity index (χ0n) is 13.3. The largest absolute Gasteiger partial charge is 0.486 e. The first-order valence-electron chi connectivity index (χ1n) is 7.87. The molecular weight excluding hydrogens is 338 g/mol. The van der Waals surface area contributed by atoms with Gasteiger partial charge in [-0.1, -0.05) is 18.2 Å². The normalized spacial score (nSPS) is 13.8. The number of nitrogens with zero attached hydrogens (tertiary/aromatic N) is 1. The number of carbonyl (C=O) groups is 1. The average molecular weight is 353 g/mol. The summed E-state index contributed by atoms with van der Waals surface area (Å²) in [4.78, 5) is 15.9. The Labute approximate surface area is 148 Å². The Bertz CT molecular complexity index is 943. The highest BCUT2D eigenvalue weighted by Gasteiger charge is 2.15. The summed E-state index contributed by atoms with van der Waals surface area (Å²) in [6.45, 7) is 1.05. The molecule has 25 heavy (non-hydrogen) atoms. The zero-order valence-corrected chi connectivity index (χ0v) is 14.1. The lowest BCUT2D eigenvalue weighted by Gasteiger charge is -2.18. The predicted octanol–water partition coefficient (Wildman–Crippen LogP) is 4.08. The summed E-state index contributed by atoms with van der Waals surface area (Å²) in [6.07, 6.45) is 1.76. The molecule has 126 valence electrons. The second-order valence-electron chi connectivity index (χ2n) is 5.63. The third-order valence-electron chi connectivity index (χ3n) is 3.82. The van der Waals surface area contributed by atoms with Crippen molar-refractivity contribution in [2.75, 3.05) is 13.2 Å². The second-order valence-corrected chi connectivity index (χ2v) is 6.66. The van der Waals surface area contributed by atoms with Crippen LogP contribution in [0.2, 0.25) is 0 Å². The Hall–Kier alpha value is -2.86. The fourth-order valence-electron chi connectivity index (χ4n) is 2.71. The topological polar surface area (TPSA) is 68.7 Å². The monoisotopic (exact) mass is 353 g/mol. The molecule has 1 aliphatic heterocycles. The van der Waals surface area contributed by atoms with Gasteiger partial charge in [-0.2, -0.15) is 0 Å². The average Bonchev–Trinajstić information content (AvgIpc) is 3.05. The minimum Gasteiger partial charge on any atom is -0.486 e. The number of fused-ring (bicyclic) bond motifs is 2. The van der Waals surface area contributed by atoms with Crippen LogP contribution < -0.4 is 9.47 Å². The summed E-state index contributed by atoms with van der Waals surface area (Å²) in [5.74, 6) is 0.505. The molecule has 0 spiro atoms. The van der Waals surface area contributed by atoms with E-state index in [1.54, 1.807) is 0 Å². The van der Waals surface area contributed by atoms with Gasteiger partial charge in [-0.25, -0.2) is 4.98 Å². The van der Waals surface area contributed by atoms with Crippen molar-refractivity contribution in [2.24, 2.45) is 0 Å². The van der Waals surface area contributed by atoms with Crippen molar-refractivity contribution in [3.63, 3.8) is 0 Å². The van der Waals surface area contributed by atoms with E-state index in [-0.39, 0.29) is 6.42 Å². The Kier molecular flexibility index (Phi) is 4.11. The van der Waals surface area contributed by atoms with Crippen molar-refractivity contribution in [1.29, 1.82) is 0 Å². The van der Waals surface area contributed by atoms with Crippen LogP contribution in [0.15, 0.2) is 42.5 Å². The number of benzene rings is 2. The van der Waals surface area contributed by atoms with Crippen molar-refractivity contribution in [1.82, 2.24) is 4.98 Å². The second kappa shape index (κ2) is 6.57. The quantitative estimate of drug-likeness (QED) is 0.765. The van der Waals surface area contributed by atoms with Gasteiger partial charge in [0, 0.05) is 0 Å². The van der Waals surface area contributed by atoms with Gasteiger partial charge in [-0.3, -0.25) is 4.79 Å². The fourth-order valence-corrected chi connectivity index (χ4v) is 3.69. The van der Waals surface area contributed by atoms with Gasteiger partial charge in [-0.05, 0) is 41.5 Å². The third kappa shape index (κ3) is 3.34. The molecule has 1 aliphatic rings. The van der Waals surface area contributed by atoms with Gasteiger partial charge in [0.15, 0.2) is 11.5 Å². The summed E-state index contributed by atoms with van der Waals surface area (Å²) < 4.78 is 12.2. The molecule has 2 heterocycles. The van der Waals surface area contributed by atoms with E-state index in [0.29, 0.717) is 30.3 Å². The molecule has 6 heteroatoms. The van der Waals surface area contributed by atoms with Crippen LogP contribution in [0, 0.1) is 0 Å². The van der Waals surface area contributed by atoms with E-state index in [2.05, 4.69) is 4.98 Å². The number of carboxylic acids is 1. The fraction of sp³-hybridized carbons (Fsp3) is 0.158. The van der Waals surface area contributed by atoms with Crippen molar-refractivity contribution >= 4 is 39.2 Å². The maximum atomic E-state index is 11.3. The predicted molar refractivity (Wildman–Crippen MR) is 97.2 cm³/mol. The smallest absolute Gasteiger partial charge is 0.307 e. The Morgan fingerprint density at radius 1 is 1.16 bits per heavy atom. The summed E-state index contributed by atoms with van der Waals surface area (Å²) >= 11 is 1.50. The molecule has 0 unspecified atom stereocenters. The van der Waals surface area contributed by atoms with Crippen LogP contribution in [0.25, 0.3) is 21.9 Å². The molecule has 4 rings (SSSR count). The van der Waals surface area contributed by atoms with Gasteiger partial charge in [0.25, 0.3) is 0 Å². The summed E-state index contributed by atoms with van der Waals surface area (Å²) in [6, 6.07) is 13.4. The van der Waals surface area contributed by atoms with E-state index in [0.717, 1.165) is 20.8 Å². The van der Waals surface area contributed by atoms with Crippen LogP contribution in [-0.4, -0.2) is 29.3 Å². The highest BCUT2D eigenvalue weighted by molar-refractivity contribution is 7.19. The Balaban J connectivity index is 1.75. The molecule has 0 saturated heterocycles. The van der Waals surface area contributed by atoms with Crippen LogP contribution in [0.5, 0.6) is 11.5 Å². The van der Waals surface area contributed by atoms with Crippen molar-refractivity contribution in [3.05, 3.63) is 53.0 Å². The number of thiazole rings is 1. The lowest BCUT2D eigenvalue weighted by molar-refractivity contribution is -0.135. The number of aromatic nitrogens is 1. The van der Waals surface area contributed by atoms with Crippen LogP contribution in [0.3, 0.4) is 0 Å². The molecule has 5 nitrogen and oxygen atoms in total. The number of aliphatic carboxylic acids is 1. The number of carboxylic acid groups (broad SMARTS) is 1. The van der Waals surface area contributed by atoms with Gasteiger partial charge in [0.2, 0.25) is 0 Å². The van der Waals surface area contributed by atoms with Gasteiger partial charge < -0.3 is 14.6 Å². The number of rotatable bonds is 4. The number of ether oxygens (including phenoxy) is 2. The highest BCUT2D eigenvalue weighted by Crippen LogP contribution is 2.34. The van der Waals surface area contributed by atoms with E-state index in [4.69, 9.17) is 9.47 Å². The third-order valence-corrected chi connectivity index (χ3v) is 4.93. The van der Waals surface area contributed by atoms with Crippen molar-refractivity contribution in [2.45, 2.75) is 6.42 Å². The molecule has 0 amide bonds. The SMILES string of the molecule is O=C(O)C/C(=C\c1ccc2c(c1)OCCO2)c1nc2ccccc2s1. The van der Waals surface area contributed by atoms with Crippen LogP contribution in [-0.2, 0) is 4.79 Å². The van der Waals surface area contributed by atoms with E-state index in [9.17, 15) is 9.90 Å². The molecule has 0 aliphatic carbocycles. The minimum atomic E-state index is -0.886. The first kappa shape index (κ1) is 15.7. The molecule has 0 atom stereocenters. The molecule has 1 aromatic heterocycles. The van der Waals surface area contributed by atoms with E-state index >= 15 is 0 Å². The zero-order chi connectivity index (χ0) is 17.2. The molecule has 1 N–H and O–H groups in total. The van der Waals surface area contributed by atoms with E-state index < -0.39 is 5.97 Å². The van der Waals surface area contributed by atoms with Crippen LogP contribution in [0.1, 0.15) is 17.0 Å². The lowest BCUT2D eigenvalue weighted by Crippen LogP contribution is -2.15. The van der Waals surface area contributed by atoms with Crippen LogP contribution >= 0.6 is 11.3 Å². The maximum absolute atomic E-state index is 11.3. The Morgan fingerprint density at radius 2 is 1.96 bits per heavy atom. The number of hydrogen-bond donors (Lipinski definition) is 1. The molecule has 0 fully saturated rings. The minimum absolute atomic E-state index is 0.0890. The summed E-state index contributed by atoms with van der Waals surface area (Å²) in [7, 11) is 0. The van der Waals surface area contributed by atoms with Gasteiger partial charge in [0.1, 0.15) is 18.2 Å². The maximum Gasteiger partial charge on any atom is 0.307 e. The van der Waals surface area contributed by atoms with Crippen LogP contribution in [0.4, 0.5) is 0 Å². The molecule has 0 bridgehead atoms. The van der Waals surface area contributed by atoms with Crippen molar-refractivity contribution < 1.29 is 19.4 Å². The van der Waals surface area contributed by atoms with Gasteiger partial charge in [-0.15, -0.1) is 11.3 Å². The van der Waals surface area contributed by atoms with Gasteiger partial charge >= 0.3 is 5.97 Å². The first-order chi connectivity index (χ1) is 12.2. The van der Waals surface area contributed by atoms with Crippen molar-refractivity contribution in [3.8, 4) is 11.5 Å². The Morgan fingerprint density at radius 3 is 2.76 bits per heavy atom. The first-order valence-corrected chi connectivity index (χ1v) is 8.69. The summed E-state index contributed by atoms with van der Waals surface area (Å²) in [5.41, 5.74) is 2.41. The van der Waals surface area contributed by atoms with Gasteiger partial charge in [0.05, 0.1) is 16.6 Å². The lowest BCUT2D eigenvalue weighted by atomic mass is 10.1. The molecule has 2 aromatic carbocycles. The molecule has 0 saturated carbocycles. The highest BCUT2D eigenvalue weighted by atomic mass is 32.1. The van der Waals surface area contributed by atoms with E-state index in [1.165, 1.54) is 11.3 Å². The molecule has 3 aromatic rings. The summed E-state index contributed by atoms with van der Waals surface area (Å²) in [5, 5.41) is 10.0. The standard InChI is InChI=1S/C19H15NO4S/c21-18(22)11-13(19-20-14-3-1-2-4-17(14)25-19)9-12-5-6-15-16(10-12)24-8-7-23-15/h1-6,9-10H,7-8,11H2,(H,21,22)/b13-9+.